The maximum atomic E-state index is 10.8. The molecule has 1 aliphatic rings. The number of anilines is 1. The van der Waals surface area contributed by atoms with Gasteiger partial charge in [0.25, 0.3) is 0 Å². The zero-order chi connectivity index (χ0) is 11.7. The Morgan fingerprint density at radius 3 is 3.06 bits per heavy atom. The molecule has 6 nitrogen and oxygen atoms in total. The predicted octanol–water partition coefficient (Wildman–Crippen LogP) is 1.41. The number of halogens is 1. The minimum atomic E-state index is -0.550. The molecule has 16 heavy (non-hydrogen) atoms. The van der Waals surface area contributed by atoms with Crippen molar-refractivity contribution in [1.29, 1.82) is 0 Å². The zero-order valence-corrected chi connectivity index (χ0v) is 8.90. The third-order valence-electron chi connectivity index (χ3n) is 2.24. The van der Waals surface area contributed by atoms with E-state index in [-0.39, 0.29) is 35.7 Å². The summed E-state index contributed by atoms with van der Waals surface area (Å²) in [5.74, 6) is 0.166. The lowest BCUT2D eigenvalue weighted by Gasteiger charge is -2.25. The molecule has 86 valence electrons. The van der Waals surface area contributed by atoms with Crippen LogP contribution in [-0.2, 0) is 0 Å². The molecule has 0 radical (unpaired) electrons. The van der Waals surface area contributed by atoms with E-state index >= 15 is 0 Å². The summed E-state index contributed by atoms with van der Waals surface area (Å²) >= 11 is 5.75. The largest absolute Gasteiger partial charge is 0.483 e. The quantitative estimate of drug-likeness (QED) is 0.607. The first-order chi connectivity index (χ1) is 7.61. The highest BCUT2D eigenvalue weighted by Gasteiger charge is 2.27. The number of nitrogens with zero attached hydrogens (tertiary/aromatic N) is 1. The molecule has 1 heterocycles. The molecule has 1 aromatic carbocycles. The minimum absolute atomic E-state index is 0.111. The second-order valence-corrected chi connectivity index (χ2v) is 3.83. The van der Waals surface area contributed by atoms with Crippen LogP contribution in [0.2, 0.25) is 5.02 Å². The fourth-order valence-electron chi connectivity index (χ4n) is 1.52. The number of nitro groups is 1. The van der Waals surface area contributed by atoms with Gasteiger partial charge in [-0.05, 0) is 6.07 Å². The molecule has 1 atom stereocenters. The SMILES string of the molecule is O=[N+]([O-])c1cc(Cl)cc2c1OC[C@H](CO)N2. The molecule has 0 bridgehead atoms. The van der Waals surface area contributed by atoms with Gasteiger partial charge in [0.1, 0.15) is 6.61 Å². The Bertz CT molecular complexity index is 438. The molecule has 0 saturated heterocycles. The Morgan fingerprint density at radius 1 is 1.69 bits per heavy atom. The second-order valence-electron chi connectivity index (χ2n) is 3.39. The Morgan fingerprint density at radius 2 is 2.44 bits per heavy atom. The number of hydrogen-bond acceptors (Lipinski definition) is 5. The third-order valence-corrected chi connectivity index (χ3v) is 2.46. The first kappa shape index (κ1) is 11.0. The van der Waals surface area contributed by atoms with Gasteiger partial charge in [-0.2, -0.15) is 0 Å². The molecule has 2 N–H and O–H groups in total. The highest BCUT2D eigenvalue weighted by atomic mass is 35.5. The van der Waals surface area contributed by atoms with Crippen LogP contribution < -0.4 is 10.1 Å². The third kappa shape index (κ3) is 1.89. The fourth-order valence-corrected chi connectivity index (χ4v) is 1.73. The summed E-state index contributed by atoms with van der Waals surface area (Å²) < 4.78 is 5.25. The topological polar surface area (TPSA) is 84.6 Å². The maximum absolute atomic E-state index is 10.8. The number of ether oxygens (including phenoxy) is 1. The smallest absolute Gasteiger partial charge is 0.314 e. The molecule has 7 heteroatoms. The van der Waals surface area contributed by atoms with Crippen molar-refractivity contribution in [3.8, 4) is 5.75 Å². The number of aliphatic hydroxyl groups excluding tert-OH is 1. The second kappa shape index (κ2) is 4.15. The van der Waals surface area contributed by atoms with Crippen LogP contribution in [0.1, 0.15) is 0 Å². The molecule has 2 rings (SSSR count). The van der Waals surface area contributed by atoms with Gasteiger partial charge in [0.15, 0.2) is 0 Å². The zero-order valence-electron chi connectivity index (χ0n) is 8.14. The van der Waals surface area contributed by atoms with E-state index in [1.807, 2.05) is 0 Å². The molecule has 1 aromatic rings. The number of rotatable bonds is 2. The first-order valence-corrected chi connectivity index (χ1v) is 4.97. The Hall–Kier alpha value is -1.53. The van der Waals surface area contributed by atoms with Gasteiger partial charge in [-0.25, -0.2) is 0 Å². The van der Waals surface area contributed by atoms with Crippen LogP contribution >= 0.6 is 11.6 Å². The van der Waals surface area contributed by atoms with Gasteiger partial charge < -0.3 is 15.2 Å². The van der Waals surface area contributed by atoms with E-state index in [9.17, 15) is 10.1 Å². The van der Waals surface area contributed by atoms with Crippen molar-refractivity contribution < 1.29 is 14.8 Å². The van der Waals surface area contributed by atoms with Crippen molar-refractivity contribution in [1.82, 2.24) is 0 Å². The van der Waals surface area contributed by atoms with Crippen LogP contribution in [0.5, 0.6) is 5.75 Å². The molecule has 0 aromatic heterocycles. The van der Waals surface area contributed by atoms with E-state index in [2.05, 4.69) is 5.32 Å². The van der Waals surface area contributed by atoms with Crippen molar-refractivity contribution in [3.05, 3.63) is 27.3 Å². The van der Waals surface area contributed by atoms with Crippen LogP contribution in [0, 0.1) is 10.1 Å². The number of fused-ring (bicyclic) bond motifs is 1. The fraction of sp³-hybridized carbons (Fsp3) is 0.333. The molecule has 0 fully saturated rings. The number of hydrogen-bond donors (Lipinski definition) is 2. The molecule has 0 amide bonds. The monoisotopic (exact) mass is 244 g/mol. The van der Waals surface area contributed by atoms with E-state index in [0.717, 1.165) is 0 Å². The molecular weight excluding hydrogens is 236 g/mol. The van der Waals surface area contributed by atoms with Gasteiger partial charge in [0.05, 0.1) is 23.3 Å². The van der Waals surface area contributed by atoms with E-state index < -0.39 is 4.92 Å². The Balaban J connectivity index is 2.45. The van der Waals surface area contributed by atoms with Crippen molar-refractivity contribution in [2.45, 2.75) is 6.04 Å². The maximum Gasteiger partial charge on any atom is 0.314 e. The summed E-state index contributed by atoms with van der Waals surface area (Å²) in [5.41, 5.74) is 0.260. The summed E-state index contributed by atoms with van der Waals surface area (Å²) in [6.07, 6.45) is 0. The summed E-state index contributed by atoms with van der Waals surface area (Å²) in [6, 6.07) is 2.50. The first-order valence-electron chi connectivity index (χ1n) is 4.60. The molecule has 1 aliphatic heterocycles. The summed E-state index contributed by atoms with van der Waals surface area (Å²) in [5, 5.41) is 22.9. The lowest BCUT2D eigenvalue weighted by Crippen LogP contribution is -2.34. The minimum Gasteiger partial charge on any atom is -0.483 e. The number of nitro benzene ring substituents is 1. The summed E-state index contributed by atoms with van der Waals surface area (Å²) in [6.45, 7) is 0.0751. The predicted molar refractivity (Wildman–Crippen MR) is 58.1 cm³/mol. The van der Waals surface area contributed by atoms with Gasteiger partial charge in [0, 0.05) is 11.1 Å². The molecule has 0 unspecified atom stereocenters. The van der Waals surface area contributed by atoms with Gasteiger partial charge in [-0.3, -0.25) is 10.1 Å². The van der Waals surface area contributed by atoms with Crippen LogP contribution in [0.4, 0.5) is 11.4 Å². The molecule has 0 aliphatic carbocycles. The number of nitrogens with one attached hydrogen (secondary N) is 1. The number of benzene rings is 1. The summed E-state index contributed by atoms with van der Waals surface area (Å²) in [7, 11) is 0. The highest BCUT2D eigenvalue weighted by molar-refractivity contribution is 6.31. The van der Waals surface area contributed by atoms with Gasteiger partial charge in [-0.15, -0.1) is 0 Å². The van der Waals surface area contributed by atoms with Crippen molar-refractivity contribution in [3.63, 3.8) is 0 Å². The molecular formula is C9H9ClN2O4. The average Bonchev–Trinajstić information content (AvgIpc) is 2.26. The highest BCUT2D eigenvalue weighted by Crippen LogP contribution is 2.40. The van der Waals surface area contributed by atoms with Crippen LogP contribution in [0.15, 0.2) is 12.1 Å². The molecule has 0 saturated carbocycles. The van der Waals surface area contributed by atoms with E-state index in [1.54, 1.807) is 0 Å². The van der Waals surface area contributed by atoms with Gasteiger partial charge >= 0.3 is 5.69 Å². The van der Waals surface area contributed by atoms with E-state index in [4.69, 9.17) is 21.4 Å². The normalized spacial score (nSPS) is 18.2. The van der Waals surface area contributed by atoms with E-state index in [0.29, 0.717) is 5.69 Å². The molecule has 0 spiro atoms. The van der Waals surface area contributed by atoms with Crippen molar-refractivity contribution in [2.24, 2.45) is 0 Å². The lowest BCUT2D eigenvalue weighted by atomic mass is 10.2. The van der Waals surface area contributed by atoms with Gasteiger partial charge in [-0.1, -0.05) is 11.6 Å². The van der Waals surface area contributed by atoms with Crippen LogP contribution in [0.25, 0.3) is 0 Å². The van der Waals surface area contributed by atoms with E-state index in [1.165, 1.54) is 12.1 Å². The Kier molecular flexibility index (Phi) is 2.84. The van der Waals surface area contributed by atoms with Crippen LogP contribution in [-0.4, -0.2) is 29.3 Å². The summed E-state index contributed by atoms with van der Waals surface area (Å²) in [4.78, 5) is 10.2. The van der Waals surface area contributed by atoms with Crippen molar-refractivity contribution >= 4 is 23.0 Å². The number of aliphatic hydroxyl groups is 1. The van der Waals surface area contributed by atoms with Gasteiger partial charge in [0.2, 0.25) is 5.75 Å². The average molecular weight is 245 g/mol. The van der Waals surface area contributed by atoms with Crippen LogP contribution in [0.3, 0.4) is 0 Å². The standard InChI is InChI=1S/C9H9ClN2O4/c10-5-1-7-9(8(2-5)12(14)15)16-4-6(3-13)11-7/h1-2,6,11,13H,3-4H2/t6-/m0/s1. The lowest BCUT2D eigenvalue weighted by molar-refractivity contribution is -0.385. The van der Waals surface area contributed by atoms with Crippen molar-refractivity contribution in [2.75, 3.05) is 18.5 Å². The Labute approximate surface area is 95.9 Å².